The molecule has 2 aromatic carbocycles. The van der Waals surface area contributed by atoms with Crippen molar-refractivity contribution in [1.29, 1.82) is 0 Å². The topological polar surface area (TPSA) is 50.7 Å². The van der Waals surface area contributed by atoms with E-state index in [1.54, 1.807) is 6.92 Å². The molecule has 0 fully saturated rings. The second-order valence-electron chi connectivity index (χ2n) is 4.76. The number of benzene rings is 2. The maximum atomic E-state index is 12.6. The highest BCUT2D eigenvalue weighted by Crippen LogP contribution is 2.41. The molecule has 112 valence electrons. The Labute approximate surface area is 133 Å². The van der Waals surface area contributed by atoms with Gasteiger partial charge in [0.2, 0.25) is 4.87 Å². The molecule has 0 spiro atoms. The van der Waals surface area contributed by atoms with Gasteiger partial charge in [-0.3, -0.25) is 5.43 Å². The second-order valence-corrected chi connectivity index (χ2v) is 5.97. The van der Waals surface area contributed by atoms with E-state index in [-0.39, 0.29) is 5.97 Å². The van der Waals surface area contributed by atoms with Crippen LogP contribution in [0.3, 0.4) is 0 Å². The Morgan fingerprint density at radius 3 is 2.41 bits per heavy atom. The fraction of sp³-hybridized carbons (Fsp3) is 0.176. The van der Waals surface area contributed by atoms with Gasteiger partial charge in [-0.25, -0.2) is 4.79 Å². The van der Waals surface area contributed by atoms with Crippen molar-refractivity contribution in [3.05, 3.63) is 71.8 Å². The average Bonchev–Trinajstić information content (AvgIpc) is 3.03. The van der Waals surface area contributed by atoms with Crippen molar-refractivity contribution < 1.29 is 9.53 Å². The van der Waals surface area contributed by atoms with Crippen molar-refractivity contribution in [2.45, 2.75) is 11.8 Å². The van der Waals surface area contributed by atoms with Crippen LogP contribution >= 0.6 is 11.8 Å². The number of carbonyl (C=O) groups excluding carboxylic acids is 1. The molecule has 3 rings (SSSR count). The monoisotopic (exact) mass is 312 g/mol. The number of rotatable bonds is 4. The summed E-state index contributed by atoms with van der Waals surface area (Å²) in [6.45, 7) is 2.13. The van der Waals surface area contributed by atoms with Crippen LogP contribution in [0.25, 0.3) is 0 Å². The minimum Gasteiger partial charge on any atom is -0.463 e. The zero-order chi connectivity index (χ0) is 15.4. The number of esters is 1. The number of hydrogen-bond donors (Lipinski definition) is 1. The van der Waals surface area contributed by atoms with Gasteiger partial charge >= 0.3 is 5.97 Å². The summed E-state index contributed by atoms with van der Waals surface area (Å²) < 4.78 is 5.27. The van der Waals surface area contributed by atoms with Gasteiger partial charge in [0.15, 0.2) is 0 Å². The van der Waals surface area contributed by atoms with Crippen LogP contribution in [0.1, 0.15) is 18.1 Å². The highest BCUT2D eigenvalue weighted by molar-refractivity contribution is 8.16. The van der Waals surface area contributed by atoms with E-state index in [1.807, 2.05) is 60.7 Å². The molecule has 1 N–H and O–H groups in total. The maximum absolute atomic E-state index is 12.6. The summed E-state index contributed by atoms with van der Waals surface area (Å²) in [7, 11) is 0. The molecule has 0 radical (unpaired) electrons. The number of thioether (sulfide) groups is 1. The first-order valence-corrected chi connectivity index (χ1v) is 7.90. The summed E-state index contributed by atoms with van der Waals surface area (Å²) in [5, 5.41) is 5.14. The number of nitrogens with one attached hydrogen (secondary N) is 1. The first-order valence-electron chi connectivity index (χ1n) is 7.08. The lowest BCUT2D eigenvalue weighted by atomic mass is 10.1. The number of hydrogen-bond acceptors (Lipinski definition) is 5. The van der Waals surface area contributed by atoms with Crippen LogP contribution in [-0.2, 0) is 14.4 Å². The van der Waals surface area contributed by atoms with Gasteiger partial charge in [-0.15, -0.1) is 0 Å². The molecule has 0 saturated heterocycles. The molecule has 0 unspecified atom stereocenters. The fourth-order valence-electron chi connectivity index (χ4n) is 2.26. The van der Waals surface area contributed by atoms with Gasteiger partial charge in [-0.2, -0.15) is 5.10 Å². The molecule has 0 aliphatic carbocycles. The van der Waals surface area contributed by atoms with Gasteiger partial charge in [0, 0.05) is 11.1 Å². The molecule has 1 atom stereocenters. The molecular weight excluding hydrogens is 296 g/mol. The van der Waals surface area contributed by atoms with E-state index in [2.05, 4.69) is 10.5 Å². The van der Waals surface area contributed by atoms with Gasteiger partial charge in [-0.1, -0.05) is 72.4 Å². The fourth-order valence-corrected chi connectivity index (χ4v) is 3.38. The minimum atomic E-state index is -1.03. The molecule has 1 aliphatic rings. The number of nitrogens with zero attached hydrogens (tertiary/aromatic N) is 1. The summed E-state index contributed by atoms with van der Waals surface area (Å²) in [6.07, 6.45) is 0. The van der Waals surface area contributed by atoms with E-state index < -0.39 is 4.87 Å². The highest BCUT2D eigenvalue weighted by Gasteiger charge is 2.47. The van der Waals surface area contributed by atoms with Gasteiger partial charge in [0.05, 0.1) is 6.61 Å². The predicted molar refractivity (Wildman–Crippen MR) is 88.5 cm³/mol. The number of carbonyl (C=O) groups is 1. The Hall–Kier alpha value is -2.27. The van der Waals surface area contributed by atoms with Crippen molar-refractivity contribution in [3.63, 3.8) is 0 Å². The van der Waals surface area contributed by atoms with E-state index in [0.717, 1.165) is 16.2 Å². The number of ether oxygens (including phenoxy) is 1. The maximum Gasteiger partial charge on any atom is 0.349 e. The lowest BCUT2D eigenvalue weighted by Crippen LogP contribution is -2.42. The summed E-state index contributed by atoms with van der Waals surface area (Å²) in [5.41, 5.74) is 4.80. The summed E-state index contributed by atoms with van der Waals surface area (Å²) in [4.78, 5) is 11.5. The second kappa shape index (κ2) is 6.23. The van der Waals surface area contributed by atoms with Crippen molar-refractivity contribution in [2.75, 3.05) is 6.61 Å². The lowest BCUT2D eigenvalue weighted by Gasteiger charge is -2.25. The molecule has 1 heterocycles. The Morgan fingerprint density at radius 1 is 1.14 bits per heavy atom. The van der Waals surface area contributed by atoms with Crippen LogP contribution < -0.4 is 5.43 Å². The molecular formula is C17H16N2O2S. The quantitative estimate of drug-likeness (QED) is 0.881. The Kier molecular flexibility index (Phi) is 4.15. The van der Waals surface area contributed by atoms with Crippen LogP contribution in [-0.4, -0.2) is 17.6 Å². The molecule has 0 bridgehead atoms. The standard InChI is InChI=1S/C17H16N2O2S/c1-2-21-16(20)17(14-11-7-4-8-12-14)19-18-15(22-17)13-9-5-3-6-10-13/h3-12,19H,2H2,1H3/t17-/m1/s1. The van der Waals surface area contributed by atoms with E-state index in [9.17, 15) is 4.79 Å². The van der Waals surface area contributed by atoms with Gasteiger partial charge in [0.1, 0.15) is 5.04 Å². The van der Waals surface area contributed by atoms with E-state index >= 15 is 0 Å². The van der Waals surface area contributed by atoms with Crippen molar-refractivity contribution in [3.8, 4) is 0 Å². The van der Waals surface area contributed by atoms with Crippen LogP contribution in [0.15, 0.2) is 65.8 Å². The number of hydrazone groups is 1. The Morgan fingerprint density at radius 2 is 1.77 bits per heavy atom. The van der Waals surface area contributed by atoms with Gasteiger partial charge in [0.25, 0.3) is 0 Å². The molecule has 1 aliphatic heterocycles. The molecule has 0 amide bonds. The van der Waals surface area contributed by atoms with Crippen molar-refractivity contribution >= 4 is 22.8 Å². The first kappa shape index (κ1) is 14.7. The Balaban J connectivity index is 1.95. The molecule has 4 nitrogen and oxygen atoms in total. The van der Waals surface area contributed by atoms with Crippen LogP contribution in [0, 0.1) is 0 Å². The van der Waals surface area contributed by atoms with Crippen LogP contribution in [0.2, 0.25) is 0 Å². The van der Waals surface area contributed by atoms with E-state index in [0.29, 0.717) is 6.61 Å². The first-order chi connectivity index (χ1) is 10.8. The van der Waals surface area contributed by atoms with Gasteiger partial charge in [-0.05, 0) is 6.92 Å². The molecule has 0 saturated carbocycles. The van der Waals surface area contributed by atoms with Crippen molar-refractivity contribution in [1.82, 2.24) is 5.43 Å². The minimum absolute atomic E-state index is 0.330. The van der Waals surface area contributed by atoms with Crippen LogP contribution in [0.5, 0.6) is 0 Å². The molecule has 0 aromatic heterocycles. The highest BCUT2D eigenvalue weighted by atomic mass is 32.2. The zero-order valence-electron chi connectivity index (χ0n) is 12.2. The summed E-state index contributed by atoms with van der Waals surface area (Å²) in [5.74, 6) is -0.333. The normalized spacial score (nSPS) is 20.1. The van der Waals surface area contributed by atoms with Crippen molar-refractivity contribution in [2.24, 2.45) is 5.10 Å². The average molecular weight is 312 g/mol. The molecule has 2 aromatic rings. The van der Waals surface area contributed by atoms with Gasteiger partial charge < -0.3 is 4.74 Å². The lowest BCUT2D eigenvalue weighted by molar-refractivity contribution is -0.147. The van der Waals surface area contributed by atoms with E-state index in [1.165, 1.54) is 11.8 Å². The van der Waals surface area contributed by atoms with E-state index in [4.69, 9.17) is 4.74 Å². The summed E-state index contributed by atoms with van der Waals surface area (Å²) in [6, 6.07) is 19.3. The SMILES string of the molecule is CCOC(=O)[C@]1(c2ccccc2)NN=C(c2ccccc2)S1. The Bertz CT molecular complexity index is 688. The third kappa shape index (κ3) is 2.60. The smallest absolute Gasteiger partial charge is 0.349 e. The molecule has 22 heavy (non-hydrogen) atoms. The third-order valence-electron chi connectivity index (χ3n) is 3.33. The summed E-state index contributed by atoms with van der Waals surface area (Å²) >= 11 is 1.38. The largest absolute Gasteiger partial charge is 0.463 e. The van der Waals surface area contributed by atoms with Crippen LogP contribution in [0.4, 0.5) is 0 Å². The zero-order valence-corrected chi connectivity index (χ0v) is 13.0. The predicted octanol–water partition coefficient (Wildman–Crippen LogP) is 3.10. The molecule has 5 heteroatoms. The third-order valence-corrected chi connectivity index (χ3v) is 4.65.